The summed E-state index contributed by atoms with van der Waals surface area (Å²) in [5, 5.41) is 13.8. The van der Waals surface area contributed by atoms with Crippen molar-refractivity contribution < 1.29 is 22.6 Å². The zero-order valence-corrected chi connectivity index (χ0v) is 23.6. The predicted molar refractivity (Wildman–Crippen MR) is 155 cm³/mol. The van der Waals surface area contributed by atoms with Crippen molar-refractivity contribution in [3.05, 3.63) is 77.1 Å². The van der Waals surface area contributed by atoms with Crippen LogP contribution in [0, 0.1) is 18.6 Å². The minimum Gasteiger partial charge on any atom is -0.392 e. The number of anilines is 2. The number of nitrogens with zero attached hydrogens (tertiary/aromatic N) is 5. The smallest absolute Gasteiger partial charge is 0.229 e. The molecule has 2 aliphatic heterocycles. The molecule has 41 heavy (non-hydrogen) atoms. The quantitative estimate of drug-likeness (QED) is 0.279. The van der Waals surface area contributed by atoms with Gasteiger partial charge in [-0.25, -0.2) is 13.8 Å². The van der Waals surface area contributed by atoms with Crippen LogP contribution in [0.15, 0.2) is 48.8 Å². The van der Waals surface area contributed by atoms with Gasteiger partial charge in [-0.2, -0.15) is 9.54 Å². The van der Waals surface area contributed by atoms with Crippen LogP contribution in [0.2, 0.25) is 0 Å². The van der Waals surface area contributed by atoms with Crippen molar-refractivity contribution in [2.45, 2.75) is 32.5 Å². The van der Waals surface area contributed by atoms with E-state index in [1.54, 1.807) is 27.9 Å². The van der Waals surface area contributed by atoms with Gasteiger partial charge in [0.2, 0.25) is 16.2 Å². The molecule has 1 unspecified atom stereocenters. The Morgan fingerprint density at radius 1 is 1.05 bits per heavy atom. The molecule has 2 fully saturated rings. The summed E-state index contributed by atoms with van der Waals surface area (Å²) >= 11 is 0. The van der Waals surface area contributed by atoms with Gasteiger partial charge in [-0.3, -0.25) is 9.80 Å². The molecule has 9 nitrogen and oxygen atoms in total. The number of aliphatic hydroxyl groups is 1. The highest BCUT2D eigenvalue weighted by atomic mass is 32.3. The van der Waals surface area contributed by atoms with Crippen LogP contribution in [0.3, 0.4) is 0 Å². The van der Waals surface area contributed by atoms with Crippen LogP contribution < -0.4 is 5.32 Å². The molecule has 1 atom stereocenters. The predicted octanol–water partition coefficient (Wildman–Crippen LogP) is 4.11. The highest BCUT2D eigenvalue weighted by Gasteiger charge is 2.32. The van der Waals surface area contributed by atoms with E-state index in [4.69, 9.17) is 0 Å². The number of aliphatic hydroxyl groups excluding tert-OH is 1. The van der Waals surface area contributed by atoms with Gasteiger partial charge in [0.25, 0.3) is 0 Å². The first-order chi connectivity index (χ1) is 19.6. The van der Waals surface area contributed by atoms with Crippen LogP contribution in [-0.4, -0.2) is 77.8 Å². The molecule has 4 heterocycles. The number of β-amino-alcohol motifs (C(OH)–C–C–N with tert-alkyl or cyclic N) is 1. The number of halogens is 2. The molecule has 0 radical (unpaired) electrons. The van der Waals surface area contributed by atoms with E-state index in [9.17, 15) is 13.9 Å². The van der Waals surface area contributed by atoms with E-state index in [1.165, 1.54) is 12.1 Å². The second-order valence-electron chi connectivity index (χ2n) is 10.9. The number of nitrogens with one attached hydrogen (secondary N) is 1. The molecule has 0 aliphatic carbocycles. The number of fused-ring (bicyclic) bond motifs is 1. The molecule has 12 heteroatoms. The van der Waals surface area contributed by atoms with Gasteiger partial charge < -0.3 is 15.0 Å². The summed E-state index contributed by atoms with van der Waals surface area (Å²) in [6, 6.07) is 10.4. The topological polar surface area (TPSA) is 107 Å². The number of hydrogen-bond donors (Lipinski definition) is 3. The summed E-state index contributed by atoms with van der Waals surface area (Å²) in [4.78, 5) is 13.1. The van der Waals surface area contributed by atoms with Crippen LogP contribution in [-0.2, 0) is 27.5 Å². The van der Waals surface area contributed by atoms with E-state index < -0.39 is 21.8 Å². The summed E-state index contributed by atoms with van der Waals surface area (Å²) in [6.45, 7) is 5.00. The lowest BCUT2D eigenvalue weighted by molar-refractivity contribution is 0.174. The molecule has 0 spiro atoms. The second-order valence-corrected chi connectivity index (χ2v) is 13.3. The molecule has 2 aromatic heterocycles. The number of aryl methyl sites for hydroxylation is 1. The van der Waals surface area contributed by atoms with E-state index >= 15 is 8.78 Å². The number of aromatic nitrogens is 3. The Morgan fingerprint density at radius 3 is 2.51 bits per heavy atom. The third kappa shape index (κ3) is 6.16. The first-order valence-corrected chi connectivity index (χ1v) is 15.5. The average molecular weight is 584 g/mol. The van der Waals surface area contributed by atoms with Crippen molar-refractivity contribution in [3.63, 3.8) is 0 Å². The highest BCUT2D eigenvalue weighted by molar-refractivity contribution is 7.97. The zero-order valence-electron chi connectivity index (χ0n) is 22.8. The maximum atomic E-state index is 15.2. The fourth-order valence-electron chi connectivity index (χ4n) is 5.45. The Bertz CT molecular complexity index is 1610. The van der Waals surface area contributed by atoms with Gasteiger partial charge in [-0.1, -0.05) is 10.3 Å². The van der Waals surface area contributed by atoms with Gasteiger partial charge in [0.15, 0.2) is 11.5 Å². The van der Waals surface area contributed by atoms with Crippen LogP contribution in [0.25, 0.3) is 16.7 Å². The monoisotopic (exact) mass is 583 g/mol. The minimum atomic E-state index is -2.83. The lowest BCUT2D eigenvalue weighted by Gasteiger charge is -2.25. The second kappa shape index (κ2) is 11.2. The standard InChI is InChI=1S/C29H32F2N6O3S/c1-19-2-3-22(12-21(19)16-36-6-5-24(38)17-36)33-29-32-15-20-4-7-37(28(20)34-29)23-13-26(30)25(27(31)14-23)18-35-8-10-41(39,40)11-9-35/h2-4,7,12-15,24,38H,5-6,8-11,16-18H2,1H3,(H-,32,33,34,39,40)/p+1. The fraction of sp³-hybridized carbons (Fsp3) is 0.379. The van der Waals surface area contributed by atoms with Crippen molar-refractivity contribution in [1.29, 1.82) is 0 Å². The summed E-state index contributed by atoms with van der Waals surface area (Å²) in [6.07, 6.45) is 3.88. The Balaban J connectivity index is 1.22. The molecule has 3 N–H and O–H groups in total. The van der Waals surface area contributed by atoms with E-state index in [1.807, 2.05) is 12.1 Å². The Kier molecular flexibility index (Phi) is 7.60. The van der Waals surface area contributed by atoms with Crippen LogP contribution in [0.4, 0.5) is 20.4 Å². The number of benzene rings is 2. The maximum absolute atomic E-state index is 15.2. The van der Waals surface area contributed by atoms with Gasteiger partial charge in [0, 0.05) is 68.3 Å². The third-order valence-corrected chi connectivity index (χ3v) is 9.55. The van der Waals surface area contributed by atoms with E-state index in [-0.39, 0.29) is 29.7 Å². The van der Waals surface area contributed by atoms with Crippen molar-refractivity contribution in [1.82, 2.24) is 24.3 Å². The summed E-state index contributed by atoms with van der Waals surface area (Å²) in [5.74, 6) is -0.796. The van der Waals surface area contributed by atoms with E-state index in [0.29, 0.717) is 36.9 Å². The molecule has 6 rings (SSSR count). The normalized spacial score (nSPS) is 19.7. The van der Waals surface area contributed by atoms with E-state index in [0.717, 1.165) is 41.7 Å². The Morgan fingerprint density at radius 2 is 1.80 bits per heavy atom. The molecule has 0 bridgehead atoms. The van der Waals surface area contributed by atoms with Crippen molar-refractivity contribution in [2.24, 2.45) is 0 Å². The number of rotatable bonds is 7. The van der Waals surface area contributed by atoms with Gasteiger partial charge in [-0.05, 0) is 54.8 Å². The zero-order chi connectivity index (χ0) is 28.7. The summed E-state index contributed by atoms with van der Waals surface area (Å²) < 4.78 is 53.5. The van der Waals surface area contributed by atoms with Gasteiger partial charge >= 0.3 is 0 Å². The first kappa shape index (κ1) is 27.9. The van der Waals surface area contributed by atoms with Gasteiger partial charge in [0.05, 0.1) is 11.8 Å². The molecule has 216 valence electrons. The number of hydrogen-bond acceptors (Lipinski definition) is 7. The molecule has 0 amide bonds. The first-order valence-electron chi connectivity index (χ1n) is 13.7. The van der Waals surface area contributed by atoms with E-state index in [2.05, 4.69) is 33.2 Å². The molecule has 2 aliphatic rings. The Hall–Kier alpha value is -3.29. The molecular formula is C29H33F2N6O3S+. The lowest BCUT2D eigenvalue weighted by Crippen LogP contribution is -2.42. The highest BCUT2D eigenvalue weighted by Crippen LogP contribution is 2.26. The van der Waals surface area contributed by atoms with Gasteiger partial charge in [0.1, 0.15) is 17.3 Å². The average Bonchev–Trinajstić information content (AvgIpc) is 3.54. The van der Waals surface area contributed by atoms with Crippen molar-refractivity contribution >= 4 is 32.9 Å². The summed E-state index contributed by atoms with van der Waals surface area (Å²) in [5.41, 5.74) is 3.86. The van der Waals surface area contributed by atoms with Gasteiger partial charge in [-0.15, -0.1) is 0 Å². The molecule has 4 aromatic rings. The summed E-state index contributed by atoms with van der Waals surface area (Å²) in [7, 11) is -2.83. The van der Waals surface area contributed by atoms with Crippen LogP contribution in [0.1, 0.15) is 23.1 Å². The maximum Gasteiger partial charge on any atom is 0.229 e. The largest absolute Gasteiger partial charge is 0.392 e. The molecular weight excluding hydrogens is 550 g/mol. The van der Waals surface area contributed by atoms with Crippen LogP contribution >= 0.6 is 0 Å². The minimum absolute atomic E-state index is 0.0347. The number of likely N-dealkylation sites (tertiary alicyclic amines) is 1. The lowest BCUT2D eigenvalue weighted by atomic mass is 10.1. The van der Waals surface area contributed by atoms with Crippen molar-refractivity contribution in [2.75, 3.05) is 43.0 Å². The van der Waals surface area contributed by atoms with Crippen LogP contribution in [0.5, 0.6) is 0 Å². The molecule has 0 saturated carbocycles. The molecule has 2 saturated heterocycles. The fourth-order valence-corrected chi connectivity index (χ4v) is 6.74. The molecule has 2 aromatic carbocycles. The third-order valence-electron chi connectivity index (χ3n) is 7.91. The van der Waals surface area contributed by atoms with Crippen molar-refractivity contribution in [3.8, 4) is 5.69 Å². The Labute approximate surface area is 238 Å². The SMILES string of the molecule is Cc1ccc(Nc2ncc3ccn(-c4cc(F)c(CN5CC[S+](=O)(O)CC5)c(F)c4)c3n2)cc1CN1CCC(O)C1.